The lowest BCUT2D eigenvalue weighted by atomic mass is 10.0. The number of terminal acetylenes is 1. The molecule has 31 heavy (non-hydrogen) atoms. The summed E-state index contributed by atoms with van der Waals surface area (Å²) < 4.78 is 38.6. The molecule has 0 aliphatic carbocycles. The van der Waals surface area contributed by atoms with Gasteiger partial charge in [0.15, 0.2) is 11.5 Å². The van der Waals surface area contributed by atoms with Gasteiger partial charge in [-0.3, -0.25) is 4.79 Å². The lowest BCUT2D eigenvalue weighted by Gasteiger charge is -2.26. The predicted molar refractivity (Wildman–Crippen MR) is 116 cm³/mol. The molecule has 2 heterocycles. The number of carbonyl (C=O) groups is 1. The zero-order valence-corrected chi connectivity index (χ0v) is 17.9. The van der Waals surface area contributed by atoms with Crippen LogP contribution in [0.3, 0.4) is 0 Å². The molecule has 1 N–H and O–H groups in total. The first kappa shape index (κ1) is 21.2. The van der Waals surface area contributed by atoms with E-state index in [0.717, 1.165) is 30.6 Å². The number of likely N-dealkylation sites (tertiary alicyclic amines) is 1. The Morgan fingerprint density at radius 1 is 1.13 bits per heavy atom. The fourth-order valence-corrected chi connectivity index (χ4v) is 4.91. The van der Waals surface area contributed by atoms with E-state index in [0.29, 0.717) is 31.1 Å². The number of sulfonamides is 1. The smallest absolute Gasteiger partial charge is 0.254 e. The topological polar surface area (TPSA) is 84.9 Å². The second-order valence-corrected chi connectivity index (χ2v) is 9.24. The monoisotopic (exact) mass is 440 g/mol. The maximum atomic E-state index is 13.3. The molecule has 2 aromatic carbocycles. The molecule has 7 nitrogen and oxygen atoms in total. The number of ether oxygens (including phenoxy) is 2. The number of rotatable bonds is 5. The summed E-state index contributed by atoms with van der Waals surface area (Å²) in [6.07, 6.45) is 7.66. The maximum absolute atomic E-state index is 13.3. The average molecular weight is 441 g/mol. The minimum Gasteiger partial charge on any atom is -0.490 e. The largest absolute Gasteiger partial charge is 0.490 e. The van der Waals surface area contributed by atoms with Crippen LogP contribution in [0.5, 0.6) is 11.5 Å². The van der Waals surface area contributed by atoms with Crippen LogP contribution >= 0.6 is 0 Å². The van der Waals surface area contributed by atoms with Gasteiger partial charge in [-0.1, -0.05) is 18.1 Å². The number of nitrogens with one attached hydrogen (secondary N) is 1. The van der Waals surface area contributed by atoms with E-state index >= 15 is 0 Å². The third kappa shape index (κ3) is 4.53. The molecule has 0 saturated carbocycles. The van der Waals surface area contributed by atoms with Crippen LogP contribution in [-0.4, -0.2) is 45.5 Å². The molecule has 1 fully saturated rings. The quantitative estimate of drug-likeness (QED) is 0.723. The van der Waals surface area contributed by atoms with Crippen molar-refractivity contribution in [2.24, 2.45) is 0 Å². The van der Waals surface area contributed by atoms with Crippen molar-refractivity contribution in [2.45, 2.75) is 30.2 Å². The highest BCUT2D eigenvalue weighted by atomic mass is 32.2. The summed E-state index contributed by atoms with van der Waals surface area (Å²) in [6.45, 7) is 1.71. The van der Waals surface area contributed by atoms with Crippen molar-refractivity contribution in [1.82, 2.24) is 9.62 Å². The van der Waals surface area contributed by atoms with Gasteiger partial charge in [0.25, 0.3) is 5.91 Å². The van der Waals surface area contributed by atoms with Crippen molar-refractivity contribution in [3.63, 3.8) is 0 Å². The SMILES string of the molecule is C#CCNS(=O)(=O)c1cccc(C(=O)N2CCC[C@@H]2c2ccc3c(c2)OCCCO3)c1. The molecule has 0 radical (unpaired) electrons. The second kappa shape index (κ2) is 9.00. The number of carbonyl (C=O) groups excluding carboxylic acids is 1. The minimum absolute atomic E-state index is 0.0138. The Bertz CT molecular complexity index is 1120. The number of amides is 1. The van der Waals surface area contributed by atoms with E-state index in [9.17, 15) is 13.2 Å². The lowest BCUT2D eigenvalue weighted by Crippen LogP contribution is -2.31. The summed E-state index contributed by atoms with van der Waals surface area (Å²) >= 11 is 0. The van der Waals surface area contributed by atoms with Crippen LogP contribution in [0.1, 0.15) is 41.2 Å². The van der Waals surface area contributed by atoms with E-state index in [1.807, 2.05) is 18.2 Å². The van der Waals surface area contributed by atoms with Gasteiger partial charge in [-0.2, -0.15) is 4.72 Å². The highest BCUT2D eigenvalue weighted by Crippen LogP contribution is 2.38. The van der Waals surface area contributed by atoms with Gasteiger partial charge in [0.2, 0.25) is 10.0 Å². The Hall–Kier alpha value is -3.02. The van der Waals surface area contributed by atoms with E-state index in [2.05, 4.69) is 10.6 Å². The second-order valence-electron chi connectivity index (χ2n) is 7.47. The number of hydrogen-bond acceptors (Lipinski definition) is 5. The molecule has 0 aromatic heterocycles. The summed E-state index contributed by atoms with van der Waals surface area (Å²) in [6, 6.07) is 11.7. The van der Waals surface area contributed by atoms with Gasteiger partial charge in [0.05, 0.1) is 30.7 Å². The van der Waals surface area contributed by atoms with Gasteiger partial charge < -0.3 is 14.4 Å². The molecule has 2 aromatic rings. The first-order chi connectivity index (χ1) is 15.0. The third-order valence-electron chi connectivity index (χ3n) is 5.43. The molecule has 0 unspecified atom stereocenters. The number of fused-ring (bicyclic) bond motifs is 1. The Balaban J connectivity index is 1.58. The molecule has 1 amide bonds. The average Bonchev–Trinajstić information content (AvgIpc) is 3.16. The van der Waals surface area contributed by atoms with E-state index in [1.165, 1.54) is 12.1 Å². The van der Waals surface area contributed by atoms with Crippen molar-refractivity contribution >= 4 is 15.9 Å². The van der Waals surface area contributed by atoms with Crippen LogP contribution in [0, 0.1) is 12.3 Å². The highest BCUT2D eigenvalue weighted by Gasteiger charge is 2.32. The molecule has 162 valence electrons. The molecule has 1 saturated heterocycles. The zero-order chi connectivity index (χ0) is 21.8. The summed E-state index contributed by atoms with van der Waals surface area (Å²) in [7, 11) is -3.78. The summed E-state index contributed by atoms with van der Waals surface area (Å²) in [4.78, 5) is 15.1. The van der Waals surface area contributed by atoms with Crippen molar-refractivity contribution in [1.29, 1.82) is 0 Å². The fraction of sp³-hybridized carbons (Fsp3) is 0.348. The van der Waals surface area contributed by atoms with Gasteiger partial charge in [-0.15, -0.1) is 6.42 Å². The molecule has 0 bridgehead atoms. The van der Waals surface area contributed by atoms with Gasteiger partial charge >= 0.3 is 0 Å². The fourth-order valence-electron chi connectivity index (χ4n) is 3.93. The lowest BCUT2D eigenvalue weighted by molar-refractivity contribution is 0.0735. The number of benzene rings is 2. The summed E-state index contributed by atoms with van der Waals surface area (Å²) in [5.74, 6) is 3.45. The van der Waals surface area contributed by atoms with Crippen LogP contribution in [0.4, 0.5) is 0 Å². The van der Waals surface area contributed by atoms with Crippen LogP contribution in [0.15, 0.2) is 47.4 Å². The first-order valence-corrected chi connectivity index (χ1v) is 11.7. The van der Waals surface area contributed by atoms with Gasteiger partial charge in [-0.05, 0) is 48.7 Å². The van der Waals surface area contributed by atoms with Crippen molar-refractivity contribution in [2.75, 3.05) is 26.3 Å². The van der Waals surface area contributed by atoms with Crippen LogP contribution in [-0.2, 0) is 10.0 Å². The van der Waals surface area contributed by atoms with Gasteiger partial charge in [0.1, 0.15) is 0 Å². The van der Waals surface area contributed by atoms with Crippen LogP contribution in [0.2, 0.25) is 0 Å². The number of hydrogen-bond donors (Lipinski definition) is 1. The normalized spacial score (nSPS) is 18.3. The van der Waals surface area contributed by atoms with Crippen molar-refractivity contribution in [3.8, 4) is 23.8 Å². The Labute approximate surface area is 182 Å². The van der Waals surface area contributed by atoms with Crippen molar-refractivity contribution in [3.05, 3.63) is 53.6 Å². The third-order valence-corrected chi connectivity index (χ3v) is 6.82. The van der Waals surface area contributed by atoms with Crippen LogP contribution in [0.25, 0.3) is 0 Å². The molecule has 0 spiro atoms. The number of nitrogens with zero attached hydrogens (tertiary/aromatic N) is 1. The van der Waals surface area contributed by atoms with E-state index in [1.54, 1.807) is 17.0 Å². The van der Waals surface area contributed by atoms with Crippen LogP contribution < -0.4 is 14.2 Å². The Kier molecular flexibility index (Phi) is 6.16. The maximum Gasteiger partial charge on any atom is 0.254 e. The molecule has 2 aliphatic heterocycles. The molecular formula is C23H24N2O5S. The molecule has 8 heteroatoms. The van der Waals surface area contributed by atoms with E-state index in [4.69, 9.17) is 15.9 Å². The van der Waals surface area contributed by atoms with Gasteiger partial charge in [0, 0.05) is 18.5 Å². The molecule has 4 rings (SSSR count). The molecule has 2 aliphatic rings. The minimum atomic E-state index is -3.78. The zero-order valence-electron chi connectivity index (χ0n) is 17.0. The first-order valence-electron chi connectivity index (χ1n) is 10.2. The van der Waals surface area contributed by atoms with E-state index in [-0.39, 0.29) is 23.4 Å². The van der Waals surface area contributed by atoms with E-state index < -0.39 is 10.0 Å². The summed E-state index contributed by atoms with van der Waals surface area (Å²) in [5.41, 5.74) is 1.30. The standard InChI is InChI=1S/C23H24N2O5S/c1-2-11-24-31(27,28)19-7-3-6-18(15-19)23(26)25-12-4-8-20(25)17-9-10-21-22(16-17)30-14-5-13-29-21/h1,3,6-7,9-10,15-16,20,24H,4-5,8,11-14H2/t20-/m1/s1. The summed E-state index contributed by atoms with van der Waals surface area (Å²) in [5, 5.41) is 0. The Morgan fingerprint density at radius 2 is 1.94 bits per heavy atom. The molecular weight excluding hydrogens is 416 g/mol. The predicted octanol–water partition coefficient (Wildman–Crippen LogP) is 2.74. The van der Waals surface area contributed by atoms with Gasteiger partial charge in [-0.25, -0.2) is 8.42 Å². The molecule has 1 atom stereocenters. The highest BCUT2D eigenvalue weighted by molar-refractivity contribution is 7.89. The Morgan fingerprint density at radius 3 is 2.74 bits per heavy atom. The van der Waals surface area contributed by atoms with Crippen molar-refractivity contribution < 1.29 is 22.7 Å².